The molecular weight excluding hydrogens is 264 g/mol. The van der Waals surface area contributed by atoms with Crippen LogP contribution in [0.25, 0.3) is 0 Å². The van der Waals surface area contributed by atoms with Crippen molar-refractivity contribution in [2.24, 2.45) is 39.9 Å². The maximum absolute atomic E-state index is 2.59. The molecule has 0 heterocycles. The van der Waals surface area contributed by atoms with Gasteiger partial charge in [0.15, 0.2) is 0 Å². The second kappa shape index (κ2) is 7.71. The van der Waals surface area contributed by atoms with Gasteiger partial charge in [-0.1, -0.05) is 89.5 Å². The molecule has 0 aromatic carbocycles. The first-order chi connectivity index (χ1) is 9.74. The molecule has 0 nitrogen and oxygen atoms in total. The molecule has 0 aliphatic heterocycles. The molecule has 22 heavy (non-hydrogen) atoms. The zero-order chi connectivity index (χ0) is 17.9. The van der Waals surface area contributed by atoms with Crippen molar-refractivity contribution in [3.63, 3.8) is 0 Å². The highest BCUT2D eigenvalue weighted by Crippen LogP contribution is 2.57. The highest BCUT2D eigenvalue weighted by molar-refractivity contribution is 4.98. The van der Waals surface area contributed by atoms with E-state index < -0.39 is 0 Å². The summed E-state index contributed by atoms with van der Waals surface area (Å²) in [5.74, 6) is 3.05. The monoisotopic (exact) mass is 310 g/mol. The Labute approximate surface area is 142 Å². The maximum atomic E-state index is 2.59. The summed E-state index contributed by atoms with van der Waals surface area (Å²) < 4.78 is 0. The zero-order valence-corrected chi connectivity index (χ0v) is 17.9. The molecule has 0 aromatic heterocycles. The Bertz CT molecular complexity index is 321. The lowest BCUT2D eigenvalue weighted by Crippen LogP contribution is -2.48. The fraction of sp³-hybridized carbons (Fsp3) is 1.00. The summed E-state index contributed by atoms with van der Waals surface area (Å²) in [5.41, 5.74) is 1.14. The SMILES string of the molecule is CCC(C)(C)C(C)C(C)(CCC(C)C(C)C)C(C)(C)C(C)C. The van der Waals surface area contributed by atoms with E-state index in [0.717, 1.165) is 17.8 Å². The molecule has 0 bridgehead atoms. The van der Waals surface area contributed by atoms with Crippen molar-refractivity contribution < 1.29 is 0 Å². The molecule has 0 N–H and O–H groups in total. The van der Waals surface area contributed by atoms with Gasteiger partial charge >= 0.3 is 0 Å². The van der Waals surface area contributed by atoms with Gasteiger partial charge in [-0.05, 0) is 52.8 Å². The fourth-order valence-electron chi connectivity index (χ4n) is 3.79. The molecule has 0 spiro atoms. The zero-order valence-electron chi connectivity index (χ0n) is 17.9. The van der Waals surface area contributed by atoms with Crippen LogP contribution < -0.4 is 0 Å². The molecule has 0 amide bonds. The van der Waals surface area contributed by atoms with Crippen LogP contribution in [0.2, 0.25) is 0 Å². The van der Waals surface area contributed by atoms with Crippen molar-refractivity contribution in [1.82, 2.24) is 0 Å². The van der Waals surface area contributed by atoms with Crippen LogP contribution in [-0.4, -0.2) is 0 Å². The Morgan fingerprint density at radius 2 is 1.23 bits per heavy atom. The highest BCUT2D eigenvalue weighted by atomic mass is 14.5. The smallest absolute Gasteiger partial charge is 0.0241 e. The summed E-state index contributed by atoms with van der Waals surface area (Å²) in [7, 11) is 0. The standard InChI is InChI=1S/C22H46/c1-13-20(8,9)19(7)22(12,21(10,11)17(4)5)15-14-18(6)16(2)3/h16-19H,13-15H2,1-12H3. The summed E-state index contributed by atoms with van der Waals surface area (Å²) in [6.45, 7) is 29.4. The summed E-state index contributed by atoms with van der Waals surface area (Å²) in [4.78, 5) is 0. The van der Waals surface area contributed by atoms with Crippen molar-refractivity contribution in [3.05, 3.63) is 0 Å². The van der Waals surface area contributed by atoms with Crippen LogP contribution in [-0.2, 0) is 0 Å². The summed E-state index contributed by atoms with van der Waals surface area (Å²) in [6.07, 6.45) is 3.97. The van der Waals surface area contributed by atoms with Crippen molar-refractivity contribution in [2.75, 3.05) is 0 Å². The van der Waals surface area contributed by atoms with E-state index in [2.05, 4.69) is 83.1 Å². The Kier molecular flexibility index (Phi) is 7.71. The summed E-state index contributed by atoms with van der Waals surface area (Å²) >= 11 is 0. The van der Waals surface area contributed by atoms with E-state index in [1.54, 1.807) is 0 Å². The normalized spacial score (nSPS) is 19.4. The largest absolute Gasteiger partial charge is 0.0649 e. The third-order valence-corrected chi connectivity index (χ3v) is 8.21. The van der Waals surface area contributed by atoms with Gasteiger partial charge in [0, 0.05) is 0 Å². The lowest BCUT2D eigenvalue weighted by atomic mass is 9.49. The van der Waals surface area contributed by atoms with Crippen molar-refractivity contribution in [1.29, 1.82) is 0 Å². The van der Waals surface area contributed by atoms with E-state index in [1.807, 2.05) is 0 Å². The predicted molar refractivity (Wildman–Crippen MR) is 103 cm³/mol. The van der Waals surface area contributed by atoms with E-state index >= 15 is 0 Å². The molecular formula is C22H46. The Morgan fingerprint density at radius 3 is 1.55 bits per heavy atom. The van der Waals surface area contributed by atoms with Gasteiger partial charge < -0.3 is 0 Å². The lowest BCUT2D eigenvalue weighted by Gasteiger charge is -2.56. The minimum atomic E-state index is 0.357. The first-order valence-corrected chi connectivity index (χ1v) is 9.74. The Balaban J connectivity index is 5.59. The van der Waals surface area contributed by atoms with Gasteiger partial charge in [0.05, 0.1) is 0 Å². The van der Waals surface area contributed by atoms with Gasteiger partial charge in [-0.2, -0.15) is 0 Å². The molecule has 0 aliphatic carbocycles. The molecule has 3 unspecified atom stereocenters. The highest BCUT2D eigenvalue weighted by Gasteiger charge is 2.50. The van der Waals surface area contributed by atoms with E-state index in [-0.39, 0.29) is 0 Å². The first-order valence-electron chi connectivity index (χ1n) is 9.74. The third-order valence-electron chi connectivity index (χ3n) is 8.21. The van der Waals surface area contributed by atoms with Crippen LogP contribution in [0.1, 0.15) is 102 Å². The second-order valence-corrected chi connectivity index (χ2v) is 10.1. The molecule has 0 fully saturated rings. The van der Waals surface area contributed by atoms with Gasteiger partial charge in [-0.25, -0.2) is 0 Å². The van der Waals surface area contributed by atoms with E-state index in [9.17, 15) is 0 Å². The predicted octanol–water partition coefficient (Wildman–Crippen LogP) is 7.82. The second-order valence-electron chi connectivity index (χ2n) is 10.1. The van der Waals surface area contributed by atoms with Gasteiger partial charge in [-0.15, -0.1) is 0 Å². The van der Waals surface area contributed by atoms with Crippen molar-refractivity contribution in [2.45, 2.75) is 102 Å². The van der Waals surface area contributed by atoms with Crippen LogP contribution in [0.3, 0.4) is 0 Å². The minimum absolute atomic E-state index is 0.357. The van der Waals surface area contributed by atoms with E-state index in [0.29, 0.717) is 22.2 Å². The van der Waals surface area contributed by atoms with Gasteiger partial charge in [0.2, 0.25) is 0 Å². The van der Waals surface area contributed by atoms with Crippen LogP contribution in [0.5, 0.6) is 0 Å². The molecule has 0 saturated carbocycles. The molecule has 0 radical (unpaired) electrons. The average Bonchev–Trinajstić information content (AvgIpc) is 2.42. The lowest BCUT2D eigenvalue weighted by molar-refractivity contribution is -0.0684. The average molecular weight is 311 g/mol. The molecule has 3 atom stereocenters. The maximum Gasteiger partial charge on any atom is -0.0241 e. The van der Waals surface area contributed by atoms with Crippen LogP contribution in [0, 0.1) is 39.9 Å². The Morgan fingerprint density at radius 1 is 0.773 bits per heavy atom. The fourth-order valence-corrected chi connectivity index (χ4v) is 3.79. The molecule has 0 aliphatic rings. The Hall–Kier alpha value is 0. The first kappa shape index (κ1) is 22.0. The molecule has 0 heteroatoms. The van der Waals surface area contributed by atoms with Crippen molar-refractivity contribution in [3.8, 4) is 0 Å². The summed E-state index contributed by atoms with van der Waals surface area (Å²) in [6, 6.07) is 0. The molecule has 0 saturated heterocycles. The molecule has 0 aromatic rings. The van der Waals surface area contributed by atoms with Gasteiger partial charge in [-0.3, -0.25) is 0 Å². The van der Waals surface area contributed by atoms with Gasteiger partial charge in [0.1, 0.15) is 0 Å². The number of rotatable bonds is 9. The molecule has 134 valence electrons. The van der Waals surface area contributed by atoms with Crippen LogP contribution >= 0.6 is 0 Å². The topological polar surface area (TPSA) is 0 Å². The van der Waals surface area contributed by atoms with Crippen LogP contribution in [0.4, 0.5) is 0 Å². The number of hydrogen-bond acceptors (Lipinski definition) is 0. The van der Waals surface area contributed by atoms with Crippen molar-refractivity contribution >= 4 is 0 Å². The van der Waals surface area contributed by atoms with E-state index in [4.69, 9.17) is 0 Å². The van der Waals surface area contributed by atoms with E-state index in [1.165, 1.54) is 19.3 Å². The molecule has 0 rings (SSSR count). The van der Waals surface area contributed by atoms with Gasteiger partial charge in [0.25, 0.3) is 0 Å². The minimum Gasteiger partial charge on any atom is -0.0649 e. The third kappa shape index (κ3) is 4.51. The summed E-state index contributed by atoms with van der Waals surface area (Å²) in [5, 5.41) is 0. The number of hydrogen-bond donors (Lipinski definition) is 0. The quantitative estimate of drug-likeness (QED) is 0.407. The van der Waals surface area contributed by atoms with Crippen LogP contribution in [0.15, 0.2) is 0 Å².